The first-order valence-corrected chi connectivity index (χ1v) is 11.7. The molecule has 4 rings (SSSR count). The first-order chi connectivity index (χ1) is 13.1. The van der Waals surface area contributed by atoms with Gasteiger partial charge in [0.15, 0.2) is 0 Å². The Morgan fingerprint density at radius 1 is 1.25 bits per heavy atom. The lowest BCUT2D eigenvalue weighted by atomic mass is 9.80. The Morgan fingerprint density at radius 3 is 2.57 bits per heavy atom. The largest absolute Gasteiger partial charge is 0.326 e. The van der Waals surface area contributed by atoms with Gasteiger partial charge in [0.25, 0.3) is 0 Å². The second-order valence-corrected chi connectivity index (χ2v) is 11.1. The minimum atomic E-state index is -3.49. The van der Waals surface area contributed by atoms with Crippen LogP contribution in [0.1, 0.15) is 52.4 Å². The highest BCUT2D eigenvalue weighted by molar-refractivity contribution is 7.90. The number of carbonyl (C=O) groups excluding carboxylic acids is 2. The third-order valence-corrected chi connectivity index (χ3v) is 8.73. The van der Waals surface area contributed by atoms with Gasteiger partial charge >= 0.3 is 6.03 Å². The summed E-state index contributed by atoms with van der Waals surface area (Å²) in [5, 5.41) is -0.591. The van der Waals surface area contributed by atoms with Gasteiger partial charge in [-0.05, 0) is 52.4 Å². The Morgan fingerprint density at radius 2 is 1.96 bits per heavy atom. The number of amides is 3. The number of rotatable bonds is 5. The number of nitrogens with zero attached hydrogens (tertiary/aromatic N) is 2. The van der Waals surface area contributed by atoms with Gasteiger partial charge in [0.2, 0.25) is 15.9 Å². The van der Waals surface area contributed by atoms with Crippen LogP contribution in [0.3, 0.4) is 0 Å². The van der Waals surface area contributed by atoms with E-state index < -0.39 is 21.2 Å². The topological polar surface area (TPSA) is 108 Å². The number of fused-ring (bicyclic) bond motifs is 1. The van der Waals surface area contributed by atoms with Gasteiger partial charge < -0.3 is 4.90 Å². The van der Waals surface area contributed by atoms with E-state index >= 15 is 0 Å². The average molecular weight is 415 g/mol. The summed E-state index contributed by atoms with van der Waals surface area (Å²) >= 11 is 0. The average Bonchev–Trinajstić information content (AvgIpc) is 3.20. The molecule has 4 aliphatic rings. The maximum absolute atomic E-state index is 12.8. The predicted molar refractivity (Wildman–Crippen MR) is 102 cm³/mol. The molecule has 2 aliphatic carbocycles. The molecule has 0 radical (unpaired) electrons. The molecule has 28 heavy (non-hydrogen) atoms. The highest BCUT2D eigenvalue weighted by atomic mass is 32.2. The molecule has 2 saturated heterocycles. The summed E-state index contributed by atoms with van der Waals surface area (Å²) in [5.74, 6) is -0.752. The van der Waals surface area contributed by atoms with Crippen LogP contribution in [0.15, 0.2) is 0 Å². The Hall–Kier alpha value is -1.23. The van der Waals surface area contributed by atoms with E-state index in [1.54, 1.807) is 4.90 Å². The van der Waals surface area contributed by atoms with Crippen LogP contribution < -0.4 is 10.2 Å². The minimum absolute atomic E-state index is 0.0131. The van der Waals surface area contributed by atoms with E-state index in [2.05, 4.69) is 10.2 Å². The number of hydroxylamine groups is 1. The fourth-order valence-electron chi connectivity index (χ4n) is 4.70. The second-order valence-electron chi connectivity index (χ2n) is 9.13. The van der Waals surface area contributed by atoms with Gasteiger partial charge in [-0.2, -0.15) is 5.48 Å². The van der Waals surface area contributed by atoms with Crippen molar-refractivity contribution in [1.82, 2.24) is 20.0 Å². The van der Waals surface area contributed by atoms with Crippen LogP contribution in [0.25, 0.3) is 0 Å². The summed E-state index contributed by atoms with van der Waals surface area (Å²) in [7, 11) is -2.00. The molecule has 0 spiro atoms. The van der Waals surface area contributed by atoms with Gasteiger partial charge in [0.1, 0.15) is 0 Å². The predicted octanol–water partition coefficient (Wildman–Crippen LogP) is 0.572. The van der Waals surface area contributed by atoms with E-state index in [1.807, 2.05) is 13.8 Å². The SMILES string of the molecule is CC1CC(CN2C(=O)N(C)C(=O)C3CC(S(=O)(=O)NC4(C)CC4)CCC32)NO1. The number of imide groups is 1. The van der Waals surface area contributed by atoms with E-state index in [0.29, 0.717) is 19.4 Å². The smallest absolute Gasteiger partial charge is 0.319 e. The van der Waals surface area contributed by atoms with E-state index in [4.69, 9.17) is 4.84 Å². The van der Waals surface area contributed by atoms with Crippen molar-refractivity contribution >= 4 is 22.0 Å². The monoisotopic (exact) mass is 414 g/mol. The van der Waals surface area contributed by atoms with Crippen molar-refractivity contribution in [2.24, 2.45) is 5.92 Å². The number of hydrogen-bond donors (Lipinski definition) is 2. The van der Waals surface area contributed by atoms with Crippen LogP contribution in [0.2, 0.25) is 0 Å². The number of carbonyl (C=O) groups is 2. The Balaban J connectivity index is 1.50. The van der Waals surface area contributed by atoms with Gasteiger partial charge in [0.05, 0.1) is 23.3 Å². The van der Waals surface area contributed by atoms with Gasteiger partial charge in [-0.3, -0.25) is 14.5 Å². The van der Waals surface area contributed by atoms with Gasteiger partial charge in [-0.15, -0.1) is 0 Å². The van der Waals surface area contributed by atoms with Crippen molar-refractivity contribution < 1.29 is 22.8 Å². The highest BCUT2D eigenvalue weighted by Gasteiger charge is 2.51. The van der Waals surface area contributed by atoms with Crippen LogP contribution >= 0.6 is 0 Å². The molecular weight excluding hydrogens is 384 g/mol. The summed E-state index contributed by atoms with van der Waals surface area (Å²) in [6, 6.07) is -0.548. The fourth-order valence-corrected chi connectivity index (χ4v) is 6.67. The third-order valence-electron chi connectivity index (χ3n) is 6.64. The van der Waals surface area contributed by atoms with Gasteiger partial charge in [-0.1, -0.05) is 0 Å². The number of hydrogen-bond acceptors (Lipinski definition) is 6. The lowest BCUT2D eigenvalue weighted by Crippen LogP contribution is -2.64. The zero-order valence-electron chi connectivity index (χ0n) is 16.7. The van der Waals surface area contributed by atoms with Crippen molar-refractivity contribution in [3.8, 4) is 0 Å². The highest BCUT2D eigenvalue weighted by Crippen LogP contribution is 2.40. The molecule has 5 atom stereocenters. The molecule has 0 aromatic rings. The molecule has 3 amide bonds. The summed E-state index contributed by atoms with van der Waals surface area (Å²) in [5.41, 5.74) is 2.63. The number of nitrogens with one attached hydrogen (secondary N) is 2. The van der Waals surface area contributed by atoms with E-state index in [-0.39, 0.29) is 42.1 Å². The molecule has 4 fully saturated rings. The van der Waals surface area contributed by atoms with Crippen molar-refractivity contribution in [3.05, 3.63) is 0 Å². The molecule has 0 bridgehead atoms. The Bertz CT molecular complexity index is 768. The van der Waals surface area contributed by atoms with Gasteiger partial charge in [-0.25, -0.2) is 17.9 Å². The quantitative estimate of drug-likeness (QED) is 0.681. The standard InChI is InChI=1S/C18H30N4O5S/c1-11-8-12(19-27-11)10-22-15-5-4-13(28(25,26)20-18(2)6-7-18)9-14(15)16(23)21(3)17(22)24/h11-15,19-20H,4-10H2,1-3H3. The van der Waals surface area contributed by atoms with Crippen LogP contribution in [0.4, 0.5) is 4.79 Å². The van der Waals surface area contributed by atoms with E-state index in [9.17, 15) is 18.0 Å². The summed E-state index contributed by atoms with van der Waals surface area (Å²) in [6.07, 6.45) is 3.80. The molecule has 2 saturated carbocycles. The molecule has 0 aromatic heterocycles. The lowest BCUT2D eigenvalue weighted by Gasteiger charge is -2.47. The molecule has 10 heteroatoms. The summed E-state index contributed by atoms with van der Waals surface area (Å²) in [6.45, 7) is 4.33. The molecule has 2 heterocycles. The molecule has 5 unspecified atom stereocenters. The van der Waals surface area contributed by atoms with Crippen molar-refractivity contribution in [2.75, 3.05) is 13.6 Å². The van der Waals surface area contributed by atoms with Crippen LogP contribution in [0, 0.1) is 5.92 Å². The van der Waals surface area contributed by atoms with Gasteiger partial charge in [0, 0.05) is 25.2 Å². The Kier molecular flexibility index (Phi) is 4.96. The van der Waals surface area contributed by atoms with Crippen molar-refractivity contribution in [3.63, 3.8) is 0 Å². The van der Waals surface area contributed by atoms with Crippen molar-refractivity contribution in [1.29, 1.82) is 0 Å². The Labute approximate surface area is 166 Å². The first-order valence-electron chi connectivity index (χ1n) is 10.1. The lowest BCUT2D eigenvalue weighted by molar-refractivity contribution is -0.139. The van der Waals surface area contributed by atoms with Crippen LogP contribution in [0.5, 0.6) is 0 Å². The summed E-state index contributed by atoms with van der Waals surface area (Å²) in [4.78, 5) is 33.8. The van der Waals surface area contributed by atoms with Crippen molar-refractivity contribution in [2.45, 2.75) is 81.3 Å². The zero-order chi connectivity index (χ0) is 20.3. The molecule has 0 aromatic carbocycles. The van der Waals surface area contributed by atoms with E-state index in [1.165, 1.54) is 7.05 Å². The number of urea groups is 1. The maximum atomic E-state index is 12.8. The molecule has 9 nitrogen and oxygen atoms in total. The fraction of sp³-hybridized carbons (Fsp3) is 0.889. The zero-order valence-corrected chi connectivity index (χ0v) is 17.5. The molecule has 2 aliphatic heterocycles. The normalized spacial score (nSPS) is 37.9. The van der Waals surface area contributed by atoms with E-state index in [0.717, 1.165) is 24.2 Å². The molecular formula is C18H30N4O5S. The molecule has 158 valence electrons. The number of sulfonamides is 1. The minimum Gasteiger partial charge on any atom is -0.319 e. The maximum Gasteiger partial charge on any atom is 0.326 e. The van der Waals surface area contributed by atoms with Crippen LogP contribution in [-0.4, -0.2) is 72.7 Å². The second kappa shape index (κ2) is 6.93. The van der Waals surface area contributed by atoms with Crippen LogP contribution in [-0.2, 0) is 19.7 Å². The molecule has 2 N–H and O–H groups in total. The first kappa shape index (κ1) is 20.1. The third kappa shape index (κ3) is 3.67. The summed E-state index contributed by atoms with van der Waals surface area (Å²) < 4.78 is 28.5.